The van der Waals surface area contributed by atoms with E-state index in [1.807, 2.05) is 0 Å². The number of fused-ring (bicyclic) bond motifs is 1. The summed E-state index contributed by atoms with van der Waals surface area (Å²) in [5.41, 5.74) is 3.66. The maximum Gasteiger partial charge on any atom is 0.124 e. The standard InChI is InChI=1S/C16H21ClN2/c1-11-5-3-7-13(11)10-19-15(9-17)18-14-8-4-6-12(2)16(14)19/h4,6,8,11,13H,3,5,7,9-10H2,1-2H3. The molecular weight excluding hydrogens is 256 g/mol. The van der Waals surface area contributed by atoms with Gasteiger partial charge < -0.3 is 4.57 Å². The number of aromatic nitrogens is 2. The summed E-state index contributed by atoms with van der Waals surface area (Å²) in [6, 6.07) is 6.33. The normalized spacial score (nSPS) is 23.3. The summed E-state index contributed by atoms with van der Waals surface area (Å²) in [5, 5.41) is 0. The number of hydrogen-bond donors (Lipinski definition) is 0. The van der Waals surface area contributed by atoms with Gasteiger partial charge in [0.05, 0.1) is 16.9 Å². The van der Waals surface area contributed by atoms with Gasteiger partial charge in [0, 0.05) is 6.54 Å². The Kier molecular flexibility index (Phi) is 3.53. The van der Waals surface area contributed by atoms with Crippen LogP contribution in [0.1, 0.15) is 37.6 Å². The number of nitrogens with zero attached hydrogens (tertiary/aromatic N) is 2. The third kappa shape index (κ3) is 2.27. The molecular formula is C16H21ClN2. The van der Waals surface area contributed by atoms with Crippen LogP contribution in [-0.4, -0.2) is 9.55 Å². The Morgan fingerprint density at radius 3 is 2.89 bits per heavy atom. The lowest BCUT2D eigenvalue weighted by Crippen LogP contribution is -2.15. The first kappa shape index (κ1) is 13.0. The zero-order valence-corrected chi connectivity index (χ0v) is 12.5. The molecule has 2 aromatic rings. The second-order valence-electron chi connectivity index (χ2n) is 5.88. The number of benzene rings is 1. The van der Waals surface area contributed by atoms with Crippen LogP contribution in [-0.2, 0) is 12.4 Å². The average Bonchev–Trinajstić information content (AvgIpc) is 2.96. The summed E-state index contributed by atoms with van der Waals surface area (Å²) in [5.74, 6) is 3.11. The van der Waals surface area contributed by atoms with Gasteiger partial charge >= 0.3 is 0 Å². The topological polar surface area (TPSA) is 17.8 Å². The van der Waals surface area contributed by atoms with E-state index in [4.69, 9.17) is 16.6 Å². The molecule has 0 amide bonds. The highest BCUT2D eigenvalue weighted by molar-refractivity contribution is 6.16. The van der Waals surface area contributed by atoms with Gasteiger partial charge in [-0.1, -0.05) is 31.9 Å². The zero-order valence-electron chi connectivity index (χ0n) is 11.7. The van der Waals surface area contributed by atoms with Gasteiger partial charge in [-0.3, -0.25) is 0 Å². The minimum Gasteiger partial charge on any atom is -0.326 e. The fourth-order valence-electron chi connectivity index (χ4n) is 3.44. The van der Waals surface area contributed by atoms with Crippen molar-refractivity contribution in [2.24, 2.45) is 11.8 Å². The molecule has 1 heterocycles. The monoisotopic (exact) mass is 276 g/mol. The minimum absolute atomic E-state index is 0.495. The van der Waals surface area contributed by atoms with E-state index in [9.17, 15) is 0 Å². The highest BCUT2D eigenvalue weighted by atomic mass is 35.5. The van der Waals surface area contributed by atoms with Gasteiger partial charge in [0.25, 0.3) is 0 Å². The molecule has 0 aliphatic heterocycles. The lowest BCUT2D eigenvalue weighted by molar-refractivity contribution is 0.364. The molecule has 19 heavy (non-hydrogen) atoms. The van der Waals surface area contributed by atoms with E-state index < -0.39 is 0 Å². The van der Waals surface area contributed by atoms with E-state index >= 15 is 0 Å². The van der Waals surface area contributed by atoms with Gasteiger partial charge in [-0.25, -0.2) is 4.98 Å². The molecule has 1 aliphatic rings. The van der Waals surface area contributed by atoms with Crippen molar-refractivity contribution in [1.29, 1.82) is 0 Å². The van der Waals surface area contributed by atoms with Crippen molar-refractivity contribution in [3.05, 3.63) is 29.6 Å². The van der Waals surface area contributed by atoms with E-state index in [1.165, 1.54) is 30.3 Å². The number of halogens is 1. The molecule has 2 unspecified atom stereocenters. The third-order valence-corrected chi connectivity index (χ3v) is 4.86. The molecule has 0 N–H and O–H groups in total. The minimum atomic E-state index is 0.495. The van der Waals surface area contributed by atoms with Gasteiger partial charge in [0.2, 0.25) is 0 Å². The summed E-state index contributed by atoms with van der Waals surface area (Å²) in [6.45, 7) is 5.62. The fourth-order valence-corrected chi connectivity index (χ4v) is 3.64. The van der Waals surface area contributed by atoms with Crippen molar-refractivity contribution in [2.75, 3.05) is 0 Å². The van der Waals surface area contributed by atoms with Crippen LogP contribution in [0.25, 0.3) is 11.0 Å². The second kappa shape index (κ2) is 5.16. The first-order valence-corrected chi connectivity index (χ1v) is 7.75. The molecule has 1 fully saturated rings. The van der Waals surface area contributed by atoms with Crippen LogP contribution in [0.5, 0.6) is 0 Å². The molecule has 0 bridgehead atoms. The Bertz CT molecular complexity index is 588. The number of alkyl halides is 1. The summed E-state index contributed by atoms with van der Waals surface area (Å²) >= 11 is 6.09. The smallest absolute Gasteiger partial charge is 0.124 e. The predicted molar refractivity (Wildman–Crippen MR) is 80.5 cm³/mol. The van der Waals surface area contributed by atoms with E-state index in [2.05, 4.69) is 36.6 Å². The predicted octanol–water partition coefficient (Wildman–Crippen LogP) is 4.52. The fraction of sp³-hybridized carbons (Fsp3) is 0.562. The maximum absolute atomic E-state index is 6.09. The molecule has 102 valence electrons. The van der Waals surface area contributed by atoms with Crippen molar-refractivity contribution in [3.8, 4) is 0 Å². The molecule has 0 radical (unpaired) electrons. The summed E-state index contributed by atoms with van der Waals surface area (Å²) in [7, 11) is 0. The van der Waals surface area contributed by atoms with Crippen molar-refractivity contribution < 1.29 is 0 Å². The summed E-state index contributed by atoms with van der Waals surface area (Å²) in [4.78, 5) is 4.69. The van der Waals surface area contributed by atoms with Crippen molar-refractivity contribution >= 4 is 22.6 Å². The third-order valence-electron chi connectivity index (χ3n) is 4.62. The molecule has 1 aliphatic carbocycles. The molecule has 3 heteroatoms. The van der Waals surface area contributed by atoms with E-state index in [0.29, 0.717) is 5.88 Å². The Morgan fingerprint density at radius 1 is 1.37 bits per heavy atom. The molecule has 0 spiro atoms. The van der Waals surface area contributed by atoms with Crippen LogP contribution in [0.15, 0.2) is 18.2 Å². The van der Waals surface area contributed by atoms with Crippen molar-refractivity contribution in [2.45, 2.75) is 45.5 Å². The lowest BCUT2D eigenvalue weighted by atomic mass is 9.98. The molecule has 2 nitrogen and oxygen atoms in total. The van der Waals surface area contributed by atoms with E-state index in [0.717, 1.165) is 29.7 Å². The molecule has 0 saturated heterocycles. The molecule has 3 rings (SSSR count). The number of imidazole rings is 1. The summed E-state index contributed by atoms with van der Waals surface area (Å²) < 4.78 is 2.37. The Hall–Kier alpha value is -1.02. The number of para-hydroxylation sites is 1. The number of aryl methyl sites for hydroxylation is 1. The van der Waals surface area contributed by atoms with Crippen LogP contribution >= 0.6 is 11.6 Å². The first-order chi connectivity index (χ1) is 9.20. The Balaban J connectivity index is 2.05. The van der Waals surface area contributed by atoms with Crippen LogP contribution in [0.2, 0.25) is 0 Å². The van der Waals surface area contributed by atoms with Gasteiger partial charge in [-0.15, -0.1) is 11.6 Å². The van der Waals surface area contributed by atoms with E-state index in [-0.39, 0.29) is 0 Å². The second-order valence-corrected chi connectivity index (χ2v) is 6.15. The molecule has 2 atom stereocenters. The summed E-state index contributed by atoms with van der Waals surface area (Å²) in [6.07, 6.45) is 4.08. The van der Waals surface area contributed by atoms with Gasteiger partial charge in [-0.05, 0) is 36.8 Å². The number of rotatable bonds is 3. The Morgan fingerprint density at radius 2 is 2.21 bits per heavy atom. The maximum atomic E-state index is 6.09. The van der Waals surface area contributed by atoms with Gasteiger partial charge in [-0.2, -0.15) is 0 Å². The highest BCUT2D eigenvalue weighted by Crippen LogP contribution is 2.34. The molecule has 1 aromatic carbocycles. The highest BCUT2D eigenvalue weighted by Gasteiger charge is 2.25. The van der Waals surface area contributed by atoms with Crippen LogP contribution < -0.4 is 0 Å². The van der Waals surface area contributed by atoms with Crippen molar-refractivity contribution in [1.82, 2.24) is 9.55 Å². The largest absolute Gasteiger partial charge is 0.326 e. The first-order valence-electron chi connectivity index (χ1n) is 7.21. The zero-order chi connectivity index (χ0) is 13.4. The quantitative estimate of drug-likeness (QED) is 0.754. The molecule has 1 aromatic heterocycles. The lowest BCUT2D eigenvalue weighted by Gasteiger charge is -2.18. The average molecular weight is 277 g/mol. The van der Waals surface area contributed by atoms with Crippen LogP contribution in [0, 0.1) is 18.8 Å². The van der Waals surface area contributed by atoms with Crippen LogP contribution in [0.4, 0.5) is 0 Å². The van der Waals surface area contributed by atoms with Gasteiger partial charge in [0.1, 0.15) is 5.82 Å². The Labute approximate surface area is 119 Å². The SMILES string of the molecule is Cc1cccc2nc(CCl)n(CC3CCCC3C)c12. The van der Waals surface area contributed by atoms with Crippen LogP contribution in [0.3, 0.4) is 0 Å². The van der Waals surface area contributed by atoms with Crippen molar-refractivity contribution in [3.63, 3.8) is 0 Å². The molecule has 1 saturated carbocycles. The van der Waals surface area contributed by atoms with E-state index in [1.54, 1.807) is 0 Å². The van der Waals surface area contributed by atoms with Gasteiger partial charge in [0.15, 0.2) is 0 Å². The number of hydrogen-bond acceptors (Lipinski definition) is 1.